The second-order valence-corrected chi connectivity index (χ2v) is 2.54. The SMILES string of the molecule is C=C(C)N(C)CC=CC(=O)OC. The van der Waals surface area contributed by atoms with E-state index < -0.39 is 0 Å². The highest BCUT2D eigenvalue weighted by molar-refractivity contribution is 5.81. The maximum atomic E-state index is 10.6. The van der Waals surface area contributed by atoms with Gasteiger partial charge >= 0.3 is 5.97 Å². The van der Waals surface area contributed by atoms with Gasteiger partial charge in [-0.15, -0.1) is 0 Å². The van der Waals surface area contributed by atoms with Gasteiger partial charge in [0.2, 0.25) is 0 Å². The minimum absolute atomic E-state index is 0.329. The van der Waals surface area contributed by atoms with Crippen molar-refractivity contribution in [3.63, 3.8) is 0 Å². The Morgan fingerprint density at radius 3 is 2.67 bits per heavy atom. The molecule has 12 heavy (non-hydrogen) atoms. The Morgan fingerprint density at radius 2 is 2.25 bits per heavy atom. The lowest BCUT2D eigenvalue weighted by Gasteiger charge is -2.15. The summed E-state index contributed by atoms with van der Waals surface area (Å²) in [6.07, 6.45) is 3.14. The third kappa shape index (κ3) is 4.55. The fourth-order valence-corrected chi connectivity index (χ4v) is 0.531. The number of ether oxygens (including phenoxy) is 1. The quantitative estimate of drug-likeness (QED) is 0.467. The Morgan fingerprint density at radius 1 is 1.67 bits per heavy atom. The molecule has 0 aliphatic carbocycles. The van der Waals surface area contributed by atoms with E-state index in [1.807, 2.05) is 18.9 Å². The van der Waals surface area contributed by atoms with Gasteiger partial charge in [0.15, 0.2) is 0 Å². The van der Waals surface area contributed by atoms with Crippen molar-refractivity contribution in [2.75, 3.05) is 20.7 Å². The Balaban J connectivity index is 3.74. The second kappa shape index (κ2) is 5.41. The van der Waals surface area contributed by atoms with Gasteiger partial charge in [-0.2, -0.15) is 0 Å². The van der Waals surface area contributed by atoms with Crippen LogP contribution in [-0.4, -0.2) is 31.6 Å². The fourth-order valence-electron chi connectivity index (χ4n) is 0.531. The van der Waals surface area contributed by atoms with Crippen LogP contribution in [0.3, 0.4) is 0 Å². The summed E-state index contributed by atoms with van der Waals surface area (Å²) >= 11 is 0. The van der Waals surface area contributed by atoms with Crippen LogP contribution in [0.2, 0.25) is 0 Å². The standard InChI is InChI=1S/C9H15NO2/c1-8(2)10(3)7-5-6-9(11)12-4/h5-6H,1,7H2,2-4H3. The summed E-state index contributed by atoms with van der Waals surface area (Å²) < 4.78 is 4.43. The van der Waals surface area contributed by atoms with Crippen molar-refractivity contribution in [2.45, 2.75) is 6.92 Å². The highest BCUT2D eigenvalue weighted by Crippen LogP contribution is 1.94. The maximum Gasteiger partial charge on any atom is 0.330 e. The van der Waals surface area contributed by atoms with Crippen LogP contribution in [-0.2, 0) is 9.53 Å². The van der Waals surface area contributed by atoms with Crippen molar-refractivity contribution >= 4 is 5.97 Å². The van der Waals surface area contributed by atoms with Crippen molar-refractivity contribution in [1.29, 1.82) is 0 Å². The maximum absolute atomic E-state index is 10.6. The summed E-state index contributed by atoms with van der Waals surface area (Å²) in [6.45, 7) is 6.33. The number of nitrogens with zero attached hydrogens (tertiary/aromatic N) is 1. The summed E-state index contributed by atoms with van der Waals surface area (Å²) in [5.74, 6) is -0.329. The number of hydrogen-bond donors (Lipinski definition) is 0. The molecular weight excluding hydrogens is 154 g/mol. The van der Waals surface area contributed by atoms with Gasteiger partial charge in [-0.25, -0.2) is 4.79 Å². The number of methoxy groups -OCH3 is 1. The third-order valence-electron chi connectivity index (χ3n) is 1.49. The molecule has 0 N–H and O–H groups in total. The first kappa shape index (κ1) is 10.8. The van der Waals surface area contributed by atoms with Crippen LogP contribution in [0.4, 0.5) is 0 Å². The fraction of sp³-hybridized carbons (Fsp3) is 0.444. The van der Waals surface area contributed by atoms with E-state index in [1.165, 1.54) is 13.2 Å². The molecule has 68 valence electrons. The molecule has 3 nitrogen and oxygen atoms in total. The summed E-state index contributed by atoms with van der Waals surface area (Å²) in [5, 5.41) is 0. The van der Waals surface area contributed by atoms with Crippen LogP contribution in [0, 0.1) is 0 Å². The van der Waals surface area contributed by atoms with Crippen LogP contribution < -0.4 is 0 Å². The minimum Gasteiger partial charge on any atom is -0.466 e. The van der Waals surface area contributed by atoms with Crippen molar-refractivity contribution < 1.29 is 9.53 Å². The molecule has 0 rings (SSSR count). The van der Waals surface area contributed by atoms with E-state index in [2.05, 4.69) is 11.3 Å². The highest BCUT2D eigenvalue weighted by Gasteiger charge is 1.93. The lowest BCUT2D eigenvalue weighted by atomic mass is 10.4. The van der Waals surface area contributed by atoms with E-state index in [9.17, 15) is 4.79 Å². The van der Waals surface area contributed by atoms with Crippen molar-refractivity contribution in [1.82, 2.24) is 4.90 Å². The number of likely N-dealkylation sites (N-methyl/N-ethyl adjacent to an activating group) is 1. The molecule has 0 radical (unpaired) electrons. The second-order valence-electron chi connectivity index (χ2n) is 2.54. The van der Waals surface area contributed by atoms with E-state index in [0.29, 0.717) is 6.54 Å². The first-order chi connectivity index (χ1) is 5.57. The number of rotatable bonds is 4. The molecule has 3 heteroatoms. The van der Waals surface area contributed by atoms with Crippen molar-refractivity contribution in [3.05, 3.63) is 24.4 Å². The van der Waals surface area contributed by atoms with Crippen molar-refractivity contribution in [2.24, 2.45) is 0 Å². The molecule has 0 aliphatic rings. The number of carbonyl (C=O) groups is 1. The van der Waals surface area contributed by atoms with Gasteiger partial charge in [-0.1, -0.05) is 12.7 Å². The normalized spacial score (nSPS) is 9.92. The molecule has 0 saturated carbocycles. The van der Waals surface area contributed by atoms with Crippen LogP contribution in [0.5, 0.6) is 0 Å². The largest absolute Gasteiger partial charge is 0.466 e. The van der Waals surface area contributed by atoms with Gasteiger partial charge in [-0.05, 0) is 6.92 Å². The predicted octanol–water partition coefficient (Wildman–Crippen LogP) is 1.18. The molecule has 0 aromatic rings. The zero-order chi connectivity index (χ0) is 9.56. The van der Waals surface area contributed by atoms with Gasteiger partial charge in [0.05, 0.1) is 7.11 Å². The molecule has 0 unspecified atom stereocenters. The monoisotopic (exact) mass is 169 g/mol. The molecule has 0 aliphatic heterocycles. The Hall–Kier alpha value is -1.25. The van der Waals surface area contributed by atoms with Gasteiger partial charge in [0.25, 0.3) is 0 Å². The Kier molecular flexibility index (Phi) is 4.84. The number of carbonyl (C=O) groups excluding carboxylic acids is 1. The molecule has 0 amide bonds. The molecule has 0 atom stereocenters. The van der Waals surface area contributed by atoms with Crippen LogP contribution in [0.1, 0.15) is 6.92 Å². The number of esters is 1. The molecule has 0 aromatic heterocycles. The smallest absolute Gasteiger partial charge is 0.330 e. The van der Waals surface area contributed by atoms with Gasteiger partial charge in [-0.3, -0.25) is 0 Å². The lowest BCUT2D eigenvalue weighted by Crippen LogP contribution is -2.14. The molecule has 0 heterocycles. The average molecular weight is 169 g/mol. The first-order valence-corrected chi connectivity index (χ1v) is 3.69. The van der Waals surface area contributed by atoms with Gasteiger partial charge in [0.1, 0.15) is 0 Å². The lowest BCUT2D eigenvalue weighted by molar-refractivity contribution is -0.134. The molecule has 0 saturated heterocycles. The summed E-state index contributed by atoms with van der Waals surface area (Å²) in [4.78, 5) is 12.5. The van der Waals surface area contributed by atoms with E-state index in [1.54, 1.807) is 6.08 Å². The zero-order valence-corrected chi connectivity index (χ0v) is 7.83. The van der Waals surface area contributed by atoms with E-state index >= 15 is 0 Å². The van der Waals surface area contributed by atoms with Crippen LogP contribution in [0.25, 0.3) is 0 Å². The van der Waals surface area contributed by atoms with Crippen molar-refractivity contribution in [3.8, 4) is 0 Å². The summed E-state index contributed by atoms with van der Waals surface area (Å²) in [6, 6.07) is 0. The average Bonchev–Trinajstić information content (AvgIpc) is 2.03. The predicted molar refractivity (Wildman–Crippen MR) is 48.6 cm³/mol. The molecular formula is C9H15NO2. The highest BCUT2D eigenvalue weighted by atomic mass is 16.5. The molecule has 0 spiro atoms. The van der Waals surface area contributed by atoms with Crippen LogP contribution in [0.15, 0.2) is 24.4 Å². The van der Waals surface area contributed by atoms with Crippen LogP contribution >= 0.6 is 0 Å². The van der Waals surface area contributed by atoms with Gasteiger partial charge in [0, 0.05) is 25.4 Å². The summed E-state index contributed by atoms with van der Waals surface area (Å²) in [7, 11) is 3.26. The Bertz CT molecular complexity index is 197. The molecule has 0 bridgehead atoms. The topological polar surface area (TPSA) is 29.5 Å². The van der Waals surface area contributed by atoms with E-state index in [-0.39, 0.29) is 5.97 Å². The van der Waals surface area contributed by atoms with E-state index in [0.717, 1.165) is 5.70 Å². The van der Waals surface area contributed by atoms with E-state index in [4.69, 9.17) is 0 Å². The summed E-state index contributed by atoms with van der Waals surface area (Å²) in [5.41, 5.74) is 0.963. The molecule has 0 fully saturated rings. The minimum atomic E-state index is -0.329. The zero-order valence-electron chi connectivity index (χ0n) is 7.83. The third-order valence-corrected chi connectivity index (χ3v) is 1.49. The Labute approximate surface area is 73.3 Å². The van der Waals surface area contributed by atoms with Gasteiger partial charge < -0.3 is 9.64 Å². The first-order valence-electron chi connectivity index (χ1n) is 3.69. The molecule has 0 aromatic carbocycles. The number of hydrogen-bond acceptors (Lipinski definition) is 3. The number of allylic oxidation sites excluding steroid dienone is 1.